The van der Waals surface area contributed by atoms with E-state index in [4.69, 9.17) is 23.1 Å². The van der Waals surface area contributed by atoms with Crippen LogP contribution in [0.25, 0.3) is 0 Å². The quantitative estimate of drug-likeness (QED) is 0.591. The third-order valence-corrected chi connectivity index (χ3v) is 2.52. The maximum absolute atomic E-state index is 8.72. The molecule has 1 rings (SSSR count). The minimum atomic E-state index is 0.274. The van der Waals surface area contributed by atoms with E-state index in [1.807, 2.05) is 0 Å². The van der Waals surface area contributed by atoms with Crippen LogP contribution in [0.4, 0.5) is 0 Å². The highest BCUT2D eigenvalue weighted by Crippen LogP contribution is 2.26. The fourth-order valence-corrected chi connectivity index (χ4v) is 1.54. The summed E-state index contributed by atoms with van der Waals surface area (Å²) in [6.07, 6.45) is 4.25. The van der Waals surface area contributed by atoms with Crippen LogP contribution < -0.4 is 5.73 Å². The molecule has 0 saturated heterocycles. The van der Waals surface area contributed by atoms with Crippen molar-refractivity contribution in [1.29, 1.82) is 0 Å². The lowest BCUT2D eigenvalue weighted by Gasteiger charge is -2.20. The molecule has 0 aromatic rings. The summed E-state index contributed by atoms with van der Waals surface area (Å²) < 4.78 is 0. The van der Waals surface area contributed by atoms with Gasteiger partial charge in [-0.25, -0.2) is 0 Å². The first kappa shape index (κ1) is 10.9. The first-order chi connectivity index (χ1) is 6.24. The van der Waals surface area contributed by atoms with E-state index in [9.17, 15) is 0 Å². The Bertz CT molecular complexity index is 171. The van der Waals surface area contributed by atoms with Gasteiger partial charge >= 0.3 is 0 Å². The molecule has 0 aromatic heterocycles. The minimum Gasteiger partial charge on any atom is -0.396 e. The zero-order valence-corrected chi connectivity index (χ0v) is 8.72. The smallest absolute Gasteiger partial charge is 0.0740 e. The van der Waals surface area contributed by atoms with E-state index >= 15 is 0 Å². The van der Waals surface area contributed by atoms with Gasteiger partial charge in [0, 0.05) is 32.2 Å². The summed E-state index contributed by atoms with van der Waals surface area (Å²) in [7, 11) is 0. The number of rotatable bonds is 7. The van der Waals surface area contributed by atoms with Gasteiger partial charge in [-0.3, -0.25) is 4.90 Å². The average molecular weight is 202 g/mol. The summed E-state index contributed by atoms with van der Waals surface area (Å²) >= 11 is 4.84. The van der Waals surface area contributed by atoms with Crippen molar-refractivity contribution in [3.63, 3.8) is 0 Å². The molecule has 4 heteroatoms. The Labute approximate surface area is 84.9 Å². The van der Waals surface area contributed by atoms with Crippen molar-refractivity contribution < 1.29 is 5.11 Å². The number of hydrogen-bond donors (Lipinski definition) is 2. The van der Waals surface area contributed by atoms with Crippen LogP contribution in [0.2, 0.25) is 0 Å². The van der Waals surface area contributed by atoms with Gasteiger partial charge in [-0.05, 0) is 19.3 Å². The summed E-state index contributed by atoms with van der Waals surface area (Å²) in [6.45, 7) is 2.21. The molecule has 1 aliphatic carbocycles. The summed E-state index contributed by atoms with van der Waals surface area (Å²) in [4.78, 5) is 2.98. The van der Waals surface area contributed by atoms with Crippen molar-refractivity contribution in [3.8, 4) is 0 Å². The highest BCUT2D eigenvalue weighted by atomic mass is 32.1. The largest absolute Gasteiger partial charge is 0.396 e. The molecule has 3 nitrogen and oxygen atoms in total. The molecule has 0 radical (unpaired) electrons. The van der Waals surface area contributed by atoms with Crippen LogP contribution in [0, 0.1) is 0 Å². The number of nitrogens with two attached hydrogens (primary N) is 1. The Kier molecular flexibility index (Phi) is 4.62. The van der Waals surface area contributed by atoms with Gasteiger partial charge in [0.15, 0.2) is 0 Å². The number of aliphatic hydroxyl groups is 1. The second-order valence-electron chi connectivity index (χ2n) is 3.56. The van der Waals surface area contributed by atoms with Crippen molar-refractivity contribution in [2.24, 2.45) is 5.73 Å². The number of aliphatic hydroxyl groups excluding tert-OH is 1. The predicted molar refractivity (Wildman–Crippen MR) is 57.7 cm³/mol. The lowest BCUT2D eigenvalue weighted by molar-refractivity contribution is 0.221. The van der Waals surface area contributed by atoms with Crippen molar-refractivity contribution in [2.45, 2.75) is 31.7 Å². The molecule has 1 fully saturated rings. The van der Waals surface area contributed by atoms with Crippen molar-refractivity contribution in [1.82, 2.24) is 4.90 Å². The molecule has 1 aliphatic rings. The second-order valence-corrected chi connectivity index (χ2v) is 4.08. The van der Waals surface area contributed by atoms with E-state index in [0.717, 1.165) is 32.0 Å². The zero-order valence-electron chi connectivity index (χ0n) is 7.91. The molecule has 0 bridgehead atoms. The molecule has 76 valence electrons. The predicted octanol–water partition coefficient (Wildman–Crippen LogP) is 0.509. The van der Waals surface area contributed by atoms with Gasteiger partial charge in [0.05, 0.1) is 4.99 Å². The molecule has 0 aliphatic heterocycles. The Hall–Kier alpha value is -0.190. The molecule has 0 amide bonds. The SMILES string of the molecule is NC(=S)CCN(CCCO)C1CC1. The third kappa shape index (κ3) is 4.55. The van der Waals surface area contributed by atoms with Crippen molar-refractivity contribution in [3.05, 3.63) is 0 Å². The van der Waals surface area contributed by atoms with Gasteiger partial charge in [0.25, 0.3) is 0 Å². The fourth-order valence-electron chi connectivity index (χ4n) is 1.44. The van der Waals surface area contributed by atoms with Gasteiger partial charge in [-0.2, -0.15) is 0 Å². The Morgan fingerprint density at radius 2 is 2.15 bits per heavy atom. The first-order valence-electron chi connectivity index (χ1n) is 4.87. The molecule has 0 atom stereocenters. The summed E-state index contributed by atoms with van der Waals surface area (Å²) in [5, 5.41) is 8.72. The Morgan fingerprint density at radius 1 is 1.46 bits per heavy atom. The molecule has 1 saturated carbocycles. The third-order valence-electron chi connectivity index (χ3n) is 2.31. The maximum atomic E-state index is 8.72. The molecule has 13 heavy (non-hydrogen) atoms. The molecule has 0 unspecified atom stereocenters. The van der Waals surface area contributed by atoms with Gasteiger partial charge in [-0.15, -0.1) is 0 Å². The van der Waals surface area contributed by atoms with Gasteiger partial charge in [0.1, 0.15) is 0 Å². The van der Waals surface area contributed by atoms with E-state index in [1.54, 1.807) is 0 Å². The van der Waals surface area contributed by atoms with Gasteiger partial charge in [0.2, 0.25) is 0 Å². The van der Waals surface area contributed by atoms with Crippen LogP contribution in [0.1, 0.15) is 25.7 Å². The first-order valence-corrected chi connectivity index (χ1v) is 5.28. The van der Waals surface area contributed by atoms with Gasteiger partial charge < -0.3 is 10.8 Å². The number of nitrogens with zero attached hydrogens (tertiary/aromatic N) is 1. The van der Waals surface area contributed by atoms with Crippen LogP contribution in [-0.4, -0.2) is 40.7 Å². The van der Waals surface area contributed by atoms with Crippen LogP contribution in [-0.2, 0) is 0 Å². The molecule has 0 heterocycles. The monoisotopic (exact) mass is 202 g/mol. The van der Waals surface area contributed by atoms with E-state index in [2.05, 4.69) is 4.90 Å². The van der Waals surface area contributed by atoms with Crippen molar-refractivity contribution in [2.75, 3.05) is 19.7 Å². The van der Waals surface area contributed by atoms with E-state index < -0.39 is 0 Å². The highest BCUT2D eigenvalue weighted by Gasteiger charge is 2.27. The standard InChI is InChI=1S/C9H18N2OS/c10-9(13)4-6-11(5-1-7-12)8-2-3-8/h8,12H,1-7H2,(H2,10,13). The van der Waals surface area contributed by atoms with Crippen LogP contribution in [0.5, 0.6) is 0 Å². The molecule has 3 N–H and O–H groups in total. The van der Waals surface area contributed by atoms with E-state index in [-0.39, 0.29) is 6.61 Å². The Morgan fingerprint density at radius 3 is 2.62 bits per heavy atom. The van der Waals surface area contributed by atoms with Crippen LogP contribution >= 0.6 is 12.2 Å². The molecule has 0 aromatic carbocycles. The average Bonchev–Trinajstić information content (AvgIpc) is 2.87. The topological polar surface area (TPSA) is 49.5 Å². The van der Waals surface area contributed by atoms with E-state index in [1.165, 1.54) is 12.8 Å². The maximum Gasteiger partial charge on any atom is 0.0740 e. The fraction of sp³-hybridized carbons (Fsp3) is 0.889. The highest BCUT2D eigenvalue weighted by molar-refractivity contribution is 7.80. The molecule has 0 spiro atoms. The van der Waals surface area contributed by atoms with Crippen LogP contribution in [0.3, 0.4) is 0 Å². The number of hydrogen-bond acceptors (Lipinski definition) is 3. The van der Waals surface area contributed by atoms with Gasteiger partial charge in [-0.1, -0.05) is 12.2 Å². The van der Waals surface area contributed by atoms with Crippen LogP contribution in [0.15, 0.2) is 0 Å². The summed E-state index contributed by atoms with van der Waals surface area (Å²) in [6, 6.07) is 0.737. The Balaban J connectivity index is 2.17. The second kappa shape index (κ2) is 5.52. The van der Waals surface area contributed by atoms with Crippen molar-refractivity contribution >= 4 is 17.2 Å². The lowest BCUT2D eigenvalue weighted by atomic mass is 10.3. The number of thiocarbonyl (C=S) groups is 1. The zero-order chi connectivity index (χ0) is 9.68. The molecular formula is C9H18N2OS. The lowest BCUT2D eigenvalue weighted by Crippen LogP contribution is -2.31. The minimum absolute atomic E-state index is 0.274. The van der Waals surface area contributed by atoms with E-state index in [0.29, 0.717) is 4.99 Å². The molecular weight excluding hydrogens is 184 g/mol. The summed E-state index contributed by atoms with van der Waals surface area (Å²) in [5.41, 5.74) is 5.45. The summed E-state index contributed by atoms with van der Waals surface area (Å²) in [5.74, 6) is 0. The normalized spacial score (nSPS) is 16.5.